The number of carbonyl (C=O) groups excluding carboxylic acids is 2. The predicted molar refractivity (Wildman–Crippen MR) is 200 cm³/mol. The first-order valence-corrected chi connectivity index (χ1v) is 18.4. The first kappa shape index (κ1) is 42.2. The van der Waals surface area contributed by atoms with E-state index in [-0.39, 0.29) is 80.3 Å². The van der Waals surface area contributed by atoms with Crippen molar-refractivity contribution in [2.45, 2.75) is 21.9 Å². The number of ketones is 2. The standard InChI is InChI=1S/C34H24N6O14S2.Na/c41-25-13-23(33(45)46)35-29-19(25)7-9-21(31(29)43)39-37-17-5-3-15(27(11-17)55(49,50)51)1-2-16-4-6-18(12-28(16)56(52,53)54)38-40-22-10-8-20-26(42)14-24(34(47)48)36-30(20)32(22)44;/h1-14,23,31,37,39,41,43H,(H,45,46)(H,47,48)(H,49,50,51)(H,52,53,54);/b2-1+,40-38?;. The van der Waals surface area contributed by atoms with Crippen molar-refractivity contribution in [3.63, 3.8) is 0 Å². The molecule has 1 radical (unpaired) electrons. The zero-order valence-electron chi connectivity index (χ0n) is 28.8. The first-order valence-electron chi connectivity index (χ1n) is 15.5. The Morgan fingerprint density at radius 2 is 1.46 bits per heavy atom. The van der Waals surface area contributed by atoms with E-state index in [0.29, 0.717) is 0 Å². The van der Waals surface area contributed by atoms with Crippen LogP contribution in [0, 0.1) is 0 Å². The number of azo groups is 1. The molecule has 4 aliphatic rings. The molecular weight excluding hydrogens is 804 g/mol. The molecule has 2 aromatic rings. The molecule has 2 heterocycles. The number of aliphatic carboxylic acids is 2. The molecule has 0 bridgehead atoms. The van der Waals surface area contributed by atoms with E-state index in [0.717, 1.165) is 48.6 Å². The maximum Gasteiger partial charge on any atom is 0.354 e. The summed E-state index contributed by atoms with van der Waals surface area (Å²) in [6.45, 7) is 0. The number of carboxylic acids is 2. The maximum absolute atomic E-state index is 12.9. The molecule has 0 saturated carbocycles. The Kier molecular flexibility index (Phi) is 12.0. The van der Waals surface area contributed by atoms with Gasteiger partial charge in [-0.05, 0) is 65.8 Å². The number of nitrogens with one attached hydrogen (secondary N) is 2. The fourth-order valence-corrected chi connectivity index (χ4v) is 6.85. The van der Waals surface area contributed by atoms with E-state index < -0.39 is 82.8 Å². The molecule has 287 valence electrons. The maximum atomic E-state index is 12.9. The summed E-state index contributed by atoms with van der Waals surface area (Å²) < 4.78 is 69.3. The Morgan fingerprint density at radius 1 is 0.825 bits per heavy atom. The van der Waals surface area contributed by atoms with E-state index in [9.17, 15) is 65.5 Å². The Balaban J connectivity index is 0.00000620. The minimum Gasteiger partial charge on any atom is -0.507 e. The number of allylic oxidation sites excluding steroid dienone is 8. The number of benzene rings is 2. The van der Waals surface area contributed by atoms with Crippen LogP contribution >= 0.6 is 0 Å². The average Bonchev–Trinajstić information content (AvgIpc) is 3.13. The number of hydrogen-bond acceptors (Lipinski definition) is 16. The van der Waals surface area contributed by atoms with Gasteiger partial charge in [-0.25, -0.2) is 14.6 Å². The van der Waals surface area contributed by atoms with Gasteiger partial charge in [0.05, 0.1) is 28.4 Å². The third-order valence-electron chi connectivity index (χ3n) is 8.11. The number of anilines is 1. The van der Waals surface area contributed by atoms with Crippen LogP contribution in [0.15, 0.2) is 137 Å². The van der Waals surface area contributed by atoms with Crippen molar-refractivity contribution in [1.82, 2.24) is 5.43 Å². The second-order valence-corrected chi connectivity index (χ2v) is 14.6. The molecule has 23 heteroatoms. The number of aliphatic hydroxyl groups excluding tert-OH is 2. The molecule has 6 rings (SSSR count). The van der Waals surface area contributed by atoms with E-state index in [1.165, 1.54) is 36.4 Å². The number of dihydropyridines is 1. The van der Waals surface area contributed by atoms with Crippen molar-refractivity contribution in [2.75, 3.05) is 5.43 Å². The van der Waals surface area contributed by atoms with Gasteiger partial charge in [0.25, 0.3) is 20.2 Å². The molecule has 2 aromatic carbocycles. The van der Waals surface area contributed by atoms with E-state index >= 15 is 0 Å². The summed E-state index contributed by atoms with van der Waals surface area (Å²) in [5.41, 5.74) is 3.09. The van der Waals surface area contributed by atoms with Crippen LogP contribution in [0.3, 0.4) is 0 Å². The van der Waals surface area contributed by atoms with Crippen LogP contribution in [0.4, 0.5) is 11.4 Å². The molecule has 0 amide bonds. The summed E-state index contributed by atoms with van der Waals surface area (Å²) in [6, 6.07) is 5.39. The van der Waals surface area contributed by atoms with Crippen molar-refractivity contribution in [2.24, 2.45) is 20.2 Å². The molecule has 0 saturated heterocycles. The molecule has 2 atom stereocenters. The number of hydrogen-bond donors (Lipinski definition) is 8. The van der Waals surface area contributed by atoms with E-state index in [4.69, 9.17) is 0 Å². The Hall–Kier alpha value is -5.98. The number of aliphatic imine (C=N–C) groups is 2. The zero-order chi connectivity index (χ0) is 40.7. The summed E-state index contributed by atoms with van der Waals surface area (Å²) in [5.74, 6) is -5.00. The van der Waals surface area contributed by atoms with Crippen molar-refractivity contribution < 1.29 is 65.5 Å². The van der Waals surface area contributed by atoms with Crippen molar-refractivity contribution in [3.05, 3.63) is 118 Å². The predicted octanol–water partition coefficient (Wildman–Crippen LogP) is 1.89. The van der Waals surface area contributed by atoms with E-state index in [1.54, 1.807) is 0 Å². The molecular formula is C34H24N6NaO14S2. The molecule has 57 heavy (non-hydrogen) atoms. The summed E-state index contributed by atoms with van der Waals surface area (Å²) >= 11 is 0. The number of Topliss-reactive ketones (excluding diaryl/α,β-unsaturated/α-hetero) is 1. The topological polar surface area (TPSA) is 331 Å². The van der Waals surface area contributed by atoms with Gasteiger partial charge in [0.1, 0.15) is 33.1 Å². The van der Waals surface area contributed by atoms with Gasteiger partial charge in [0, 0.05) is 41.2 Å². The number of nitrogens with zero attached hydrogens (tertiary/aromatic N) is 4. The first-order chi connectivity index (χ1) is 26.3. The van der Waals surface area contributed by atoms with Gasteiger partial charge < -0.3 is 31.3 Å². The number of rotatable bonds is 11. The number of carbonyl (C=O) groups is 4. The monoisotopic (exact) mass is 827 g/mol. The quantitative estimate of drug-likeness (QED) is 0.0400. The summed E-state index contributed by atoms with van der Waals surface area (Å²) in [6.07, 6.45) is 7.47. The molecule has 2 aliphatic heterocycles. The van der Waals surface area contributed by atoms with Crippen LogP contribution in [0.1, 0.15) is 11.1 Å². The third kappa shape index (κ3) is 9.03. The van der Waals surface area contributed by atoms with Gasteiger partial charge in [-0.15, -0.1) is 5.11 Å². The van der Waals surface area contributed by atoms with Crippen molar-refractivity contribution in [1.29, 1.82) is 0 Å². The van der Waals surface area contributed by atoms with Gasteiger partial charge >= 0.3 is 11.9 Å². The second-order valence-electron chi connectivity index (χ2n) is 11.8. The van der Waals surface area contributed by atoms with Gasteiger partial charge in [-0.2, -0.15) is 21.9 Å². The Bertz CT molecular complexity index is 2720. The Morgan fingerprint density at radius 3 is 2.09 bits per heavy atom. The van der Waals surface area contributed by atoms with Crippen LogP contribution in [-0.4, -0.2) is 123 Å². The van der Waals surface area contributed by atoms with Gasteiger partial charge in [-0.3, -0.25) is 23.7 Å². The molecule has 0 aromatic heterocycles. The van der Waals surface area contributed by atoms with Crippen LogP contribution in [0.2, 0.25) is 0 Å². The number of hydrazine groups is 1. The van der Waals surface area contributed by atoms with Crippen molar-refractivity contribution >= 4 is 108 Å². The minimum absolute atomic E-state index is 0. The van der Waals surface area contributed by atoms with Crippen LogP contribution in [0.5, 0.6) is 0 Å². The normalized spacial score (nSPS) is 19.4. The Labute approximate surface area is 342 Å². The molecule has 0 fully saturated rings. The van der Waals surface area contributed by atoms with Crippen LogP contribution in [-0.2, 0) is 39.4 Å². The summed E-state index contributed by atoms with van der Waals surface area (Å²) in [7, 11) is -9.90. The molecule has 0 spiro atoms. The number of aliphatic hydroxyl groups is 2. The number of carboxylic acid groups (broad SMARTS) is 2. The molecule has 20 nitrogen and oxygen atoms in total. The van der Waals surface area contributed by atoms with E-state index in [2.05, 4.69) is 31.1 Å². The number of fused-ring (bicyclic) bond motifs is 2. The molecule has 2 unspecified atom stereocenters. The van der Waals surface area contributed by atoms with Crippen LogP contribution in [0.25, 0.3) is 12.2 Å². The fraction of sp³-hybridized carbons (Fsp3) is 0.0588. The third-order valence-corrected chi connectivity index (χ3v) is 9.93. The van der Waals surface area contributed by atoms with Gasteiger partial charge in [0.2, 0.25) is 5.78 Å². The summed E-state index contributed by atoms with van der Waals surface area (Å²) in [4.78, 5) is 54.1. The molecule has 8 N–H and O–H groups in total. The average molecular weight is 828 g/mol. The zero-order valence-corrected chi connectivity index (χ0v) is 32.4. The smallest absolute Gasteiger partial charge is 0.354 e. The molecule has 2 aliphatic carbocycles. The van der Waals surface area contributed by atoms with E-state index in [1.807, 2.05) is 0 Å². The second kappa shape index (κ2) is 16.2. The largest absolute Gasteiger partial charge is 0.507 e. The van der Waals surface area contributed by atoms with Crippen LogP contribution < -0.4 is 10.9 Å². The minimum atomic E-state index is -4.97. The van der Waals surface area contributed by atoms with Crippen molar-refractivity contribution in [3.8, 4) is 0 Å². The van der Waals surface area contributed by atoms with Gasteiger partial charge in [-0.1, -0.05) is 24.3 Å². The SMILES string of the molecule is O=C(O)C1=CC(=O)C2=CC=C(N=Nc3ccc(/C=C/c4ccc(NNC5=CC=C6C(O)=CC(C(=O)O)N=C6C5O)cc4S(=O)(=O)O)c(S(=O)(=O)O)c3)C(=O)C2=N1.[Na]. The summed E-state index contributed by atoms with van der Waals surface area (Å²) in [5, 5.41) is 47.0. The fourth-order valence-electron chi connectivity index (χ4n) is 5.43. The van der Waals surface area contributed by atoms with Gasteiger partial charge in [0.15, 0.2) is 17.5 Å².